The molecule has 0 saturated carbocycles. The molecular formula is C18H28N4O3. The lowest BCUT2D eigenvalue weighted by Crippen LogP contribution is -2.53. The summed E-state index contributed by atoms with van der Waals surface area (Å²) >= 11 is 0. The van der Waals surface area contributed by atoms with Gasteiger partial charge in [-0.3, -0.25) is 0 Å². The van der Waals surface area contributed by atoms with Gasteiger partial charge in [0.05, 0.1) is 32.1 Å². The first-order chi connectivity index (χ1) is 12.3. The molecule has 0 spiro atoms. The van der Waals surface area contributed by atoms with Crippen molar-refractivity contribution in [2.24, 2.45) is 4.99 Å². The van der Waals surface area contributed by atoms with Gasteiger partial charge in [-0.1, -0.05) is 6.07 Å². The number of methoxy groups -OCH3 is 1. The van der Waals surface area contributed by atoms with Gasteiger partial charge < -0.3 is 24.4 Å². The Morgan fingerprint density at radius 1 is 1.36 bits per heavy atom. The van der Waals surface area contributed by atoms with Crippen LogP contribution in [0, 0.1) is 0 Å². The molecular weight excluding hydrogens is 320 g/mol. The van der Waals surface area contributed by atoms with Gasteiger partial charge in [-0.15, -0.1) is 0 Å². The lowest BCUT2D eigenvalue weighted by molar-refractivity contribution is -0.0817. The molecule has 0 amide bonds. The van der Waals surface area contributed by atoms with Gasteiger partial charge in [-0.2, -0.15) is 0 Å². The minimum absolute atomic E-state index is 0.120. The van der Waals surface area contributed by atoms with Crippen molar-refractivity contribution in [2.75, 3.05) is 40.0 Å². The summed E-state index contributed by atoms with van der Waals surface area (Å²) < 4.78 is 16.9. The molecule has 0 bridgehead atoms. The van der Waals surface area contributed by atoms with E-state index in [0.29, 0.717) is 19.0 Å². The molecule has 138 valence electrons. The van der Waals surface area contributed by atoms with Gasteiger partial charge in [-0.25, -0.2) is 9.98 Å². The Labute approximate surface area is 149 Å². The van der Waals surface area contributed by atoms with Crippen LogP contribution in [-0.4, -0.2) is 68.0 Å². The number of aromatic nitrogens is 1. The summed E-state index contributed by atoms with van der Waals surface area (Å²) in [5.74, 6) is 1.51. The van der Waals surface area contributed by atoms with Crippen molar-refractivity contribution in [3.63, 3.8) is 0 Å². The maximum absolute atomic E-state index is 5.94. The molecule has 2 atom stereocenters. The topological polar surface area (TPSA) is 68.2 Å². The molecule has 0 aromatic carbocycles. The van der Waals surface area contributed by atoms with E-state index in [2.05, 4.69) is 22.1 Å². The summed E-state index contributed by atoms with van der Waals surface area (Å²) in [5, 5.41) is 3.38. The molecule has 2 saturated heterocycles. The summed E-state index contributed by atoms with van der Waals surface area (Å²) in [6.07, 6.45) is 2.54. The molecule has 2 fully saturated rings. The Morgan fingerprint density at radius 3 is 3.00 bits per heavy atom. The summed E-state index contributed by atoms with van der Waals surface area (Å²) in [7, 11) is 1.62. The van der Waals surface area contributed by atoms with Gasteiger partial charge >= 0.3 is 0 Å². The number of rotatable bonds is 5. The molecule has 25 heavy (non-hydrogen) atoms. The van der Waals surface area contributed by atoms with Crippen LogP contribution in [0.3, 0.4) is 0 Å². The fraction of sp³-hybridized carbons (Fsp3) is 0.667. The highest BCUT2D eigenvalue weighted by atomic mass is 16.5. The van der Waals surface area contributed by atoms with Gasteiger partial charge in [-0.05, 0) is 25.8 Å². The monoisotopic (exact) mass is 348 g/mol. The van der Waals surface area contributed by atoms with E-state index in [1.807, 2.05) is 18.2 Å². The van der Waals surface area contributed by atoms with Crippen LogP contribution in [0.1, 0.15) is 25.5 Å². The van der Waals surface area contributed by atoms with Crippen LogP contribution >= 0.6 is 0 Å². The minimum Gasteiger partial charge on any atom is -0.481 e. The molecule has 1 aromatic rings. The minimum atomic E-state index is 0.120. The van der Waals surface area contributed by atoms with Crippen LogP contribution in [0.4, 0.5) is 0 Å². The first-order valence-corrected chi connectivity index (χ1v) is 9.06. The van der Waals surface area contributed by atoms with E-state index < -0.39 is 0 Å². The number of morpholine rings is 1. The smallest absolute Gasteiger partial charge is 0.213 e. The second-order valence-electron chi connectivity index (χ2n) is 6.25. The summed E-state index contributed by atoms with van der Waals surface area (Å²) in [6, 6.07) is 5.74. The van der Waals surface area contributed by atoms with Gasteiger partial charge in [0.15, 0.2) is 5.96 Å². The van der Waals surface area contributed by atoms with Crippen LogP contribution in [0.5, 0.6) is 5.88 Å². The number of nitrogens with one attached hydrogen (secondary N) is 1. The number of ether oxygens (including phenoxy) is 3. The Balaban J connectivity index is 1.66. The lowest BCUT2D eigenvalue weighted by atomic mass is 10.1. The first kappa shape index (κ1) is 17.9. The van der Waals surface area contributed by atoms with Crippen LogP contribution < -0.4 is 10.1 Å². The van der Waals surface area contributed by atoms with Crippen molar-refractivity contribution < 1.29 is 14.2 Å². The number of aliphatic imine (C=N–C) groups is 1. The van der Waals surface area contributed by atoms with Gasteiger partial charge in [0, 0.05) is 32.3 Å². The number of hydrogen-bond acceptors (Lipinski definition) is 5. The standard InChI is InChI=1S/C18H28N4O3/c1-3-19-18(20-12-14-6-4-8-17(21-14)23-2)22-9-11-25-16(13-22)15-7-5-10-24-15/h4,6,8,15-16H,3,5,7,9-13H2,1-2H3,(H,19,20). The molecule has 2 unspecified atom stereocenters. The van der Waals surface area contributed by atoms with Crippen LogP contribution in [-0.2, 0) is 16.0 Å². The third kappa shape index (κ3) is 4.83. The molecule has 3 rings (SSSR count). The van der Waals surface area contributed by atoms with E-state index in [1.54, 1.807) is 7.11 Å². The molecule has 1 N–H and O–H groups in total. The Morgan fingerprint density at radius 2 is 2.24 bits per heavy atom. The maximum atomic E-state index is 5.94. The average Bonchev–Trinajstić information content (AvgIpc) is 3.20. The molecule has 2 aliphatic heterocycles. The number of pyridine rings is 1. The predicted molar refractivity (Wildman–Crippen MR) is 95.9 cm³/mol. The Kier molecular flexibility index (Phi) is 6.47. The van der Waals surface area contributed by atoms with Crippen molar-refractivity contribution in [2.45, 2.75) is 38.5 Å². The Bertz CT molecular complexity index is 575. The Hall–Kier alpha value is -1.86. The molecule has 7 heteroatoms. The second-order valence-corrected chi connectivity index (χ2v) is 6.25. The second kappa shape index (κ2) is 9.01. The largest absolute Gasteiger partial charge is 0.481 e. The first-order valence-electron chi connectivity index (χ1n) is 9.06. The van der Waals surface area contributed by atoms with E-state index in [0.717, 1.165) is 50.7 Å². The van der Waals surface area contributed by atoms with Crippen molar-refractivity contribution in [1.29, 1.82) is 0 Å². The van der Waals surface area contributed by atoms with Crippen molar-refractivity contribution in [3.8, 4) is 5.88 Å². The van der Waals surface area contributed by atoms with E-state index in [-0.39, 0.29) is 12.2 Å². The van der Waals surface area contributed by atoms with E-state index in [1.165, 1.54) is 0 Å². The van der Waals surface area contributed by atoms with E-state index >= 15 is 0 Å². The summed E-state index contributed by atoms with van der Waals surface area (Å²) in [5.41, 5.74) is 0.888. The molecule has 3 heterocycles. The highest BCUT2D eigenvalue weighted by Gasteiger charge is 2.32. The highest BCUT2D eigenvalue weighted by Crippen LogP contribution is 2.21. The fourth-order valence-corrected chi connectivity index (χ4v) is 3.23. The van der Waals surface area contributed by atoms with Gasteiger partial charge in [0.1, 0.15) is 6.10 Å². The zero-order valence-electron chi connectivity index (χ0n) is 15.1. The molecule has 7 nitrogen and oxygen atoms in total. The number of nitrogens with zero attached hydrogens (tertiary/aromatic N) is 3. The van der Waals surface area contributed by atoms with Crippen LogP contribution in [0.2, 0.25) is 0 Å². The van der Waals surface area contributed by atoms with Crippen molar-refractivity contribution >= 4 is 5.96 Å². The predicted octanol–water partition coefficient (Wildman–Crippen LogP) is 1.44. The molecule has 0 radical (unpaired) electrons. The molecule has 0 aliphatic carbocycles. The van der Waals surface area contributed by atoms with Crippen molar-refractivity contribution in [1.82, 2.24) is 15.2 Å². The number of hydrogen-bond donors (Lipinski definition) is 1. The van der Waals surface area contributed by atoms with E-state index in [9.17, 15) is 0 Å². The zero-order valence-corrected chi connectivity index (χ0v) is 15.1. The summed E-state index contributed by atoms with van der Waals surface area (Å²) in [4.78, 5) is 11.5. The van der Waals surface area contributed by atoms with Gasteiger partial charge in [0.25, 0.3) is 0 Å². The van der Waals surface area contributed by atoms with E-state index in [4.69, 9.17) is 19.2 Å². The normalized spacial score (nSPS) is 24.4. The zero-order chi connectivity index (χ0) is 17.5. The fourth-order valence-electron chi connectivity index (χ4n) is 3.23. The SMILES string of the molecule is CCNC(=NCc1cccc(OC)n1)N1CCOC(C2CCCO2)C1. The average molecular weight is 348 g/mol. The third-order valence-electron chi connectivity index (χ3n) is 4.49. The maximum Gasteiger partial charge on any atom is 0.213 e. The van der Waals surface area contributed by atoms with Crippen LogP contribution in [0.25, 0.3) is 0 Å². The quantitative estimate of drug-likeness (QED) is 0.641. The highest BCUT2D eigenvalue weighted by molar-refractivity contribution is 5.80. The molecule has 2 aliphatic rings. The van der Waals surface area contributed by atoms with Gasteiger partial charge in [0.2, 0.25) is 5.88 Å². The van der Waals surface area contributed by atoms with Crippen molar-refractivity contribution in [3.05, 3.63) is 23.9 Å². The summed E-state index contributed by atoms with van der Waals surface area (Å²) in [6.45, 7) is 6.61. The van der Waals surface area contributed by atoms with Crippen LogP contribution in [0.15, 0.2) is 23.2 Å². The third-order valence-corrected chi connectivity index (χ3v) is 4.49. The lowest BCUT2D eigenvalue weighted by Gasteiger charge is -2.37. The molecule has 1 aromatic heterocycles. The number of guanidine groups is 1.